The Morgan fingerprint density at radius 2 is 1.49 bits per heavy atom. The second-order valence-corrected chi connectivity index (χ2v) is 20.3. The maximum absolute atomic E-state index is 12.3. The molecule has 2 heterocycles. The molecule has 0 aromatic carbocycles. The number of aliphatic hydroxyl groups excluding tert-OH is 8. The SMILES string of the molecule is CC(C)=CCC[C@@](C)(O)[C@H]1CC[C@@]2(C)[C@@H]1[C@H](O)C[C@@H]1[C@@]3(C)CC[C@H](O)C(C)(C)[C@H]3[C@@H](O[C@H]3O[C@@H](CO)[C@H](O)[C@@H](O)[C@@H]3O[C@@H]3O[C@H](C)[C@@H](O)[C@@H](O)[C@@H]3O)C[C@]12C. The van der Waals surface area contributed by atoms with Crippen LogP contribution in [0.3, 0.4) is 0 Å². The van der Waals surface area contributed by atoms with E-state index < -0.39 is 114 Å². The number of rotatable bonds is 9. The van der Waals surface area contributed by atoms with Gasteiger partial charge in [-0.1, -0.05) is 46.3 Å². The number of allylic oxidation sites excluding steroid dienone is 2. The molecule has 13 nitrogen and oxygen atoms in total. The Hall–Kier alpha value is -0.780. The molecule has 13 heteroatoms. The van der Waals surface area contributed by atoms with Crippen LogP contribution in [0.5, 0.6) is 0 Å². The average Bonchev–Trinajstić information content (AvgIpc) is 3.49. The molecule has 318 valence electrons. The van der Waals surface area contributed by atoms with Gasteiger partial charge in [0.2, 0.25) is 0 Å². The summed E-state index contributed by atoms with van der Waals surface area (Å²) in [7, 11) is 0. The summed E-state index contributed by atoms with van der Waals surface area (Å²) in [4.78, 5) is 0. The molecule has 6 aliphatic rings. The van der Waals surface area contributed by atoms with E-state index in [1.807, 2.05) is 20.8 Å². The van der Waals surface area contributed by atoms with E-state index in [9.17, 15) is 46.0 Å². The van der Waals surface area contributed by atoms with Crippen molar-refractivity contribution in [2.45, 2.75) is 199 Å². The fraction of sp³-hybridized carbons (Fsp3) is 0.952. The average molecular weight is 785 g/mol. The smallest absolute Gasteiger partial charge is 0.187 e. The van der Waals surface area contributed by atoms with Crippen LogP contribution in [0.15, 0.2) is 11.6 Å². The van der Waals surface area contributed by atoms with Crippen LogP contribution in [0.4, 0.5) is 0 Å². The highest BCUT2D eigenvalue weighted by molar-refractivity contribution is 5.22. The summed E-state index contributed by atoms with van der Waals surface area (Å²) < 4.78 is 25.1. The van der Waals surface area contributed by atoms with Gasteiger partial charge in [-0.15, -0.1) is 0 Å². The lowest BCUT2D eigenvalue weighted by atomic mass is 9.34. The Balaban J connectivity index is 1.38. The zero-order valence-electron chi connectivity index (χ0n) is 34.4. The third-order valence-corrected chi connectivity index (χ3v) is 16.5. The first-order chi connectivity index (χ1) is 25.5. The molecular formula is C42H72O13. The van der Waals surface area contributed by atoms with Crippen molar-refractivity contribution in [2.24, 2.45) is 45.3 Å². The Kier molecular flexibility index (Phi) is 12.2. The first-order valence-corrected chi connectivity index (χ1v) is 20.8. The quantitative estimate of drug-likeness (QED) is 0.121. The molecule has 0 bridgehead atoms. The van der Waals surface area contributed by atoms with E-state index in [4.69, 9.17) is 18.9 Å². The van der Waals surface area contributed by atoms with Crippen LogP contribution in [0.25, 0.3) is 0 Å². The van der Waals surface area contributed by atoms with Gasteiger partial charge in [0.05, 0.1) is 36.6 Å². The summed E-state index contributed by atoms with van der Waals surface area (Å²) in [6.45, 7) is 17.8. The summed E-state index contributed by atoms with van der Waals surface area (Å²) >= 11 is 0. The van der Waals surface area contributed by atoms with Crippen LogP contribution < -0.4 is 0 Å². The van der Waals surface area contributed by atoms with E-state index >= 15 is 0 Å². The highest BCUT2D eigenvalue weighted by atomic mass is 16.8. The predicted octanol–water partition coefficient (Wildman–Crippen LogP) is 2.15. The Morgan fingerprint density at radius 1 is 0.818 bits per heavy atom. The summed E-state index contributed by atoms with van der Waals surface area (Å²) in [6.07, 6.45) is -8.99. The molecule has 0 unspecified atom stereocenters. The molecule has 4 aliphatic carbocycles. The molecule has 0 aromatic rings. The molecule has 0 radical (unpaired) electrons. The van der Waals surface area contributed by atoms with E-state index in [0.29, 0.717) is 32.1 Å². The van der Waals surface area contributed by atoms with Gasteiger partial charge in [0.25, 0.3) is 0 Å². The van der Waals surface area contributed by atoms with Crippen molar-refractivity contribution < 1.29 is 64.9 Å². The van der Waals surface area contributed by atoms with Crippen LogP contribution in [0.2, 0.25) is 0 Å². The molecule has 21 atom stereocenters. The second-order valence-electron chi connectivity index (χ2n) is 20.3. The summed E-state index contributed by atoms with van der Waals surface area (Å²) in [5.74, 6) is -0.526. The molecule has 6 fully saturated rings. The predicted molar refractivity (Wildman–Crippen MR) is 201 cm³/mol. The van der Waals surface area contributed by atoms with Gasteiger partial charge in [-0.25, -0.2) is 0 Å². The van der Waals surface area contributed by atoms with Gasteiger partial charge < -0.3 is 64.9 Å². The van der Waals surface area contributed by atoms with Crippen molar-refractivity contribution >= 4 is 0 Å². The van der Waals surface area contributed by atoms with Crippen molar-refractivity contribution in [3.63, 3.8) is 0 Å². The molecular weight excluding hydrogens is 712 g/mol. The highest BCUT2D eigenvalue weighted by Gasteiger charge is 2.73. The Morgan fingerprint density at radius 3 is 2.13 bits per heavy atom. The molecule has 55 heavy (non-hydrogen) atoms. The van der Waals surface area contributed by atoms with Gasteiger partial charge >= 0.3 is 0 Å². The van der Waals surface area contributed by atoms with E-state index in [1.54, 1.807) is 0 Å². The highest BCUT2D eigenvalue weighted by Crippen LogP contribution is 2.76. The first-order valence-electron chi connectivity index (χ1n) is 20.8. The van der Waals surface area contributed by atoms with Crippen molar-refractivity contribution in [1.29, 1.82) is 0 Å². The molecule has 2 saturated heterocycles. The van der Waals surface area contributed by atoms with Crippen LogP contribution in [0.1, 0.15) is 114 Å². The minimum atomic E-state index is -1.70. The Labute approximate surface area is 327 Å². The summed E-state index contributed by atoms with van der Waals surface area (Å²) in [5, 5.41) is 100. The van der Waals surface area contributed by atoms with Crippen LogP contribution in [0, 0.1) is 45.3 Å². The van der Waals surface area contributed by atoms with Gasteiger partial charge in [-0.05, 0) is 124 Å². The third kappa shape index (κ3) is 7.10. The summed E-state index contributed by atoms with van der Waals surface area (Å²) in [6, 6.07) is 0. The van der Waals surface area contributed by atoms with E-state index in [2.05, 4.69) is 40.7 Å². The van der Waals surface area contributed by atoms with Gasteiger partial charge in [0.15, 0.2) is 12.6 Å². The van der Waals surface area contributed by atoms with Crippen LogP contribution >= 0.6 is 0 Å². The van der Waals surface area contributed by atoms with Crippen LogP contribution in [-0.4, -0.2) is 138 Å². The lowest BCUT2D eigenvalue weighted by molar-refractivity contribution is -0.382. The molecule has 2 aliphatic heterocycles. The lowest BCUT2D eigenvalue weighted by Gasteiger charge is -2.72. The molecule has 0 aromatic heterocycles. The van der Waals surface area contributed by atoms with Crippen molar-refractivity contribution in [2.75, 3.05) is 6.61 Å². The number of hydrogen-bond acceptors (Lipinski definition) is 13. The number of fused-ring (bicyclic) bond motifs is 5. The fourth-order valence-corrected chi connectivity index (χ4v) is 13.3. The van der Waals surface area contributed by atoms with Gasteiger partial charge in [0, 0.05) is 0 Å². The maximum Gasteiger partial charge on any atom is 0.187 e. The van der Waals surface area contributed by atoms with E-state index in [1.165, 1.54) is 12.5 Å². The van der Waals surface area contributed by atoms with Crippen molar-refractivity contribution in [1.82, 2.24) is 0 Å². The zero-order valence-corrected chi connectivity index (χ0v) is 34.4. The van der Waals surface area contributed by atoms with E-state index in [-0.39, 0.29) is 23.7 Å². The number of hydrogen-bond donors (Lipinski definition) is 9. The van der Waals surface area contributed by atoms with Crippen molar-refractivity contribution in [3.8, 4) is 0 Å². The standard InChI is InChI=1S/C42H72O13/c1-20(2)11-10-14-42(9,51)22-12-16-40(7)28(22)23(44)17-26-39(6)15-13-27(45)38(4,5)35(39)24(18-41(26,40)8)53-37-34(32(49)30(47)25(19-43)54-37)55-36-33(50)31(48)29(46)21(3)52-36/h11,21-37,43-51H,10,12-19H2,1-9H3/t21-,22+,23-,24+,25+,26-,27+,28+,29-,30+,31-,32-,33+,34+,35-,36+,37+,39-,40+,41-,42-/m1/s1. The van der Waals surface area contributed by atoms with E-state index in [0.717, 1.165) is 19.3 Å². The van der Waals surface area contributed by atoms with Gasteiger partial charge in [-0.3, -0.25) is 0 Å². The third-order valence-electron chi connectivity index (χ3n) is 16.5. The maximum atomic E-state index is 12.3. The fourth-order valence-electron chi connectivity index (χ4n) is 13.3. The molecule has 0 spiro atoms. The Bertz CT molecular complexity index is 1390. The number of aliphatic hydroxyl groups is 9. The summed E-state index contributed by atoms with van der Waals surface area (Å²) in [5.41, 5.74) is -1.71. The lowest BCUT2D eigenvalue weighted by Crippen LogP contribution is -2.71. The normalized spacial score (nSPS) is 53.4. The monoisotopic (exact) mass is 784 g/mol. The number of ether oxygens (including phenoxy) is 4. The molecule has 0 amide bonds. The molecule has 4 saturated carbocycles. The second kappa shape index (κ2) is 15.4. The van der Waals surface area contributed by atoms with Crippen LogP contribution in [-0.2, 0) is 18.9 Å². The largest absolute Gasteiger partial charge is 0.394 e. The molecule has 6 rings (SSSR count). The van der Waals surface area contributed by atoms with Gasteiger partial charge in [0.1, 0.15) is 42.7 Å². The first kappa shape index (κ1) is 43.8. The minimum absolute atomic E-state index is 0.0411. The zero-order chi connectivity index (χ0) is 40.8. The molecule has 9 N–H and O–H groups in total. The van der Waals surface area contributed by atoms with Crippen molar-refractivity contribution in [3.05, 3.63) is 11.6 Å². The minimum Gasteiger partial charge on any atom is -0.394 e. The van der Waals surface area contributed by atoms with Gasteiger partial charge in [-0.2, -0.15) is 0 Å². The topological polar surface area (TPSA) is 219 Å².